The van der Waals surface area contributed by atoms with Crippen molar-refractivity contribution in [3.63, 3.8) is 0 Å². The Hall–Kier alpha value is -1.85. The van der Waals surface area contributed by atoms with Crippen LogP contribution in [0.5, 0.6) is 0 Å². The first kappa shape index (κ1) is 16.6. The van der Waals surface area contributed by atoms with E-state index < -0.39 is 0 Å². The Bertz CT molecular complexity index is 810. The Balaban J connectivity index is 1.63. The third-order valence-electron chi connectivity index (χ3n) is 5.11. The topological polar surface area (TPSA) is 62.5 Å². The number of piperazine rings is 1. The van der Waals surface area contributed by atoms with E-state index in [0.29, 0.717) is 10.9 Å². The Morgan fingerprint density at radius 1 is 1.28 bits per heavy atom. The van der Waals surface area contributed by atoms with E-state index >= 15 is 0 Å². The maximum atomic E-state index is 12.3. The summed E-state index contributed by atoms with van der Waals surface area (Å²) in [7, 11) is 0. The van der Waals surface area contributed by atoms with Gasteiger partial charge in [-0.15, -0.1) is 0 Å². The first-order valence-corrected chi connectivity index (χ1v) is 9.31. The lowest BCUT2D eigenvalue weighted by atomic mass is 10.1. The second-order valence-electron chi connectivity index (χ2n) is 7.09. The summed E-state index contributed by atoms with van der Waals surface area (Å²) in [5, 5.41) is 1.66. The molecule has 1 aliphatic heterocycles. The third kappa shape index (κ3) is 3.18. The highest BCUT2D eigenvalue weighted by Gasteiger charge is 2.35. The summed E-state index contributed by atoms with van der Waals surface area (Å²) in [5.74, 6) is 1.50. The highest BCUT2D eigenvalue weighted by Crippen LogP contribution is 2.33. The molecule has 0 spiro atoms. The molecule has 2 aliphatic rings. The van der Waals surface area contributed by atoms with Crippen molar-refractivity contribution in [2.45, 2.75) is 25.8 Å². The lowest BCUT2D eigenvalue weighted by molar-refractivity contribution is -0.132. The van der Waals surface area contributed by atoms with Crippen LogP contribution in [-0.2, 0) is 4.79 Å². The van der Waals surface area contributed by atoms with E-state index in [4.69, 9.17) is 22.3 Å². The summed E-state index contributed by atoms with van der Waals surface area (Å²) < 4.78 is 0. The molecule has 1 aliphatic carbocycles. The van der Waals surface area contributed by atoms with Crippen LogP contribution in [0.4, 0.5) is 5.82 Å². The van der Waals surface area contributed by atoms with Crippen molar-refractivity contribution < 1.29 is 4.79 Å². The molecule has 1 saturated carbocycles. The molecule has 1 aromatic carbocycles. The molecule has 25 heavy (non-hydrogen) atoms. The van der Waals surface area contributed by atoms with Crippen LogP contribution in [0.3, 0.4) is 0 Å². The third-order valence-corrected chi connectivity index (χ3v) is 5.42. The lowest BCUT2D eigenvalue weighted by Crippen LogP contribution is -2.49. The molecular weight excluding hydrogens is 336 g/mol. The summed E-state index contributed by atoms with van der Waals surface area (Å²) >= 11 is 6.34. The van der Waals surface area contributed by atoms with Crippen molar-refractivity contribution in [1.82, 2.24) is 9.88 Å². The van der Waals surface area contributed by atoms with Gasteiger partial charge in [-0.2, -0.15) is 0 Å². The minimum Gasteiger partial charge on any atom is -0.353 e. The van der Waals surface area contributed by atoms with Crippen molar-refractivity contribution in [2.75, 3.05) is 31.1 Å². The smallest absolute Gasteiger partial charge is 0.225 e. The normalized spacial score (nSPS) is 19.3. The van der Waals surface area contributed by atoms with Crippen LogP contribution in [0.1, 0.15) is 31.4 Å². The largest absolute Gasteiger partial charge is 0.353 e. The summed E-state index contributed by atoms with van der Waals surface area (Å²) in [6.07, 6.45) is 2.11. The van der Waals surface area contributed by atoms with Crippen LogP contribution in [0, 0.1) is 5.92 Å². The number of amides is 1. The first-order valence-electron chi connectivity index (χ1n) is 8.93. The zero-order valence-corrected chi connectivity index (χ0v) is 15.2. The van der Waals surface area contributed by atoms with E-state index in [2.05, 4.69) is 11.0 Å². The highest BCUT2D eigenvalue weighted by molar-refractivity contribution is 6.35. The van der Waals surface area contributed by atoms with E-state index in [1.165, 1.54) is 0 Å². The number of carbonyl (C=O) groups is 1. The number of anilines is 1. The fourth-order valence-corrected chi connectivity index (χ4v) is 3.71. The quantitative estimate of drug-likeness (QED) is 0.916. The number of rotatable bonds is 3. The average Bonchev–Trinajstić information content (AvgIpc) is 3.46. The minimum absolute atomic E-state index is 0.114. The highest BCUT2D eigenvalue weighted by atomic mass is 35.5. The average molecular weight is 359 g/mol. The fraction of sp³-hybridized carbons (Fsp3) is 0.474. The standard InChI is InChI=1S/C19H23ClN4O/c1-12(21)15-11-14-3-2-4-16(20)17(14)22-18(15)23-7-9-24(10-8-23)19(25)13-5-6-13/h2-4,11-13H,5-10,21H2,1H3/t12-/m0/s1. The van der Waals surface area contributed by atoms with Gasteiger partial charge in [0.1, 0.15) is 5.82 Å². The molecule has 1 atom stereocenters. The Morgan fingerprint density at radius 2 is 2.00 bits per heavy atom. The Morgan fingerprint density at radius 3 is 2.64 bits per heavy atom. The Kier molecular flexibility index (Phi) is 4.29. The van der Waals surface area contributed by atoms with Crippen LogP contribution in [0.15, 0.2) is 24.3 Å². The zero-order chi connectivity index (χ0) is 17.6. The van der Waals surface area contributed by atoms with Crippen molar-refractivity contribution in [3.8, 4) is 0 Å². The number of hydrogen-bond acceptors (Lipinski definition) is 4. The molecule has 2 heterocycles. The number of pyridine rings is 1. The predicted octanol–water partition coefficient (Wildman–Crippen LogP) is 2.97. The van der Waals surface area contributed by atoms with Crippen molar-refractivity contribution in [1.29, 1.82) is 0 Å². The molecule has 0 radical (unpaired) electrons. The lowest BCUT2D eigenvalue weighted by Gasteiger charge is -2.37. The van der Waals surface area contributed by atoms with Gasteiger partial charge in [-0.3, -0.25) is 4.79 Å². The summed E-state index contributed by atoms with van der Waals surface area (Å²) in [6.45, 7) is 5.03. The van der Waals surface area contributed by atoms with E-state index in [-0.39, 0.29) is 12.0 Å². The number of carbonyl (C=O) groups excluding carboxylic acids is 1. The SMILES string of the molecule is C[C@H](N)c1cc2cccc(Cl)c2nc1N1CCN(C(=O)C2CC2)CC1. The minimum atomic E-state index is -0.114. The van der Waals surface area contributed by atoms with Gasteiger partial charge in [0.25, 0.3) is 0 Å². The van der Waals surface area contributed by atoms with Gasteiger partial charge in [-0.1, -0.05) is 23.7 Å². The van der Waals surface area contributed by atoms with Crippen molar-refractivity contribution in [2.24, 2.45) is 11.7 Å². The Labute approximate surface area is 152 Å². The van der Waals surface area contributed by atoms with Gasteiger partial charge in [0, 0.05) is 49.1 Å². The van der Waals surface area contributed by atoms with Gasteiger partial charge in [0.2, 0.25) is 5.91 Å². The summed E-state index contributed by atoms with van der Waals surface area (Å²) in [5.41, 5.74) is 8.04. The van der Waals surface area contributed by atoms with Crippen LogP contribution >= 0.6 is 11.6 Å². The fourth-order valence-electron chi connectivity index (χ4n) is 3.48. The van der Waals surface area contributed by atoms with Gasteiger partial charge < -0.3 is 15.5 Å². The number of fused-ring (bicyclic) bond motifs is 1. The van der Waals surface area contributed by atoms with Crippen LogP contribution in [0.25, 0.3) is 10.9 Å². The molecule has 132 valence electrons. The van der Waals surface area contributed by atoms with Crippen LogP contribution in [-0.4, -0.2) is 42.0 Å². The second kappa shape index (κ2) is 6.46. The van der Waals surface area contributed by atoms with Gasteiger partial charge >= 0.3 is 0 Å². The van der Waals surface area contributed by atoms with Gasteiger partial charge in [0.05, 0.1) is 10.5 Å². The first-order chi connectivity index (χ1) is 12.0. The number of nitrogens with zero attached hydrogens (tertiary/aromatic N) is 3. The number of hydrogen-bond donors (Lipinski definition) is 1. The molecule has 0 bridgehead atoms. The number of aromatic nitrogens is 1. The molecule has 6 heteroatoms. The van der Waals surface area contributed by atoms with Crippen LogP contribution < -0.4 is 10.6 Å². The van der Waals surface area contributed by atoms with E-state index in [1.807, 2.05) is 30.0 Å². The summed E-state index contributed by atoms with van der Waals surface area (Å²) in [4.78, 5) is 21.3. The molecule has 1 saturated heterocycles. The summed E-state index contributed by atoms with van der Waals surface area (Å²) in [6, 6.07) is 7.78. The van der Waals surface area contributed by atoms with Gasteiger partial charge in [0.15, 0.2) is 0 Å². The predicted molar refractivity (Wildman–Crippen MR) is 101 cm³/mol. The maximum Gasteiger partial charge on any atom is 0.225 e. The van der Waals surface area contributed by atoms with Crippen LogP contribution in [0.2, 0.25) is 5.02 Å². The number of nitrogens with two attached hydrogens (primary N) is 1. The maximum absolute atomic E-state index is 12.3. The van der Waals surface area contributed by atoms with E-state index in [1.54, 1.807) is 0 Å². The monoisotopic (exact) mass is 358 g/mol. The van der Waals surface area contributed by atoms with E-state index in [9.17, 15) is 4.79 Å². The molecule has 2 fully saturated rings. The molecule has 1 amide bonds. The number of benzene rings is 1. The second-order valence-corrected chi connectivity index (χ2v) is 7.50. The molecule has 2 N–H and O–H groups in total. The zero-order valence-electron chi connectivity index (χ0n) is 14.4. The molecule has 1 aromatic heterocycles. The molecule has 0 unspecified atom stereocenters. The molecular formula is C19H23ClN4O. The van der Waals surface area contributed by atoms with Crippen molar-refractivity contribution >= 4 is 34.2 Å². The van der Waals surface area contributed by atoms with Gasteiger partial charge in [-0.05, 0) is 31.9 Å². The number of para-hydroxylation sites is 1. The molecule has 5 nitrogen and oxygen atoms in total. The van der Waals surface area contributed by atoms with Crippen molar-refractivity contribution in [3.05, 3.63) is 34.9 Å². The van der Waals surface area contributed by atoms with E-state index in [0.717, 1.165) is 61.3 Å². The molecule has 2 aromatic rings. The number of halogens is 1. The molecule has 4 rings (SSSR count). The van der Waals surface area contributed by atoms with Gasteiger partial charge in [-0.25, -0.2) is 4.98 Å².